The lowest BCUT2D eigenvalue weighted by Crippen LogP contribution is -2.30. The number of carbonyl (C=O) groups is 1. The maximum atomic E-state index is 12.2. The molecule has 2 rings (SSSR count). The Morgan fingerprint density at radius 2 is 2.00 bits per heavy atom. The number of ether oxygens (including phenoxy) is 2. The molecule has 0 aliphatic rings. The molecule has 0 unspecified atom stereocenters. The van der Waals surface area contributed by atoms with Crippen molar-refractivity contribution >= 4 is 23.2 Å². The fourth-order valence-electron chi connectivity index (χ4n) is 1.86. The SMILES string of the molecule is CCOc1cccc(NC(=O)[C@@H](C)Oc2ccccc2Cl)c1. The number of carbonyl (C=O) groups excluding carboxylic acids is 1. The minimum Gasteiger partial charge on any atom is -0.494 e. The van der Waals surface area contributed by atoms with Gasteiger partial charge in [-0.05, 0) is 38.1 Å². The van der Waals surface area contributed by atoms with Gasteiger partial charge in [0.1, 0.15) is 11.5 Å². The number of hydrogen-bond donors (Lipinski definition) is 1. The summed E-state index contributed by atoms with van der Waals surface area (Å²) in [7, 11) is 0. The zero-order chi connectivity index (χ0) is 15.9. The van der Waals surface area contributed by atoms with Gasteiger partial charge in [-0.25, -0.2) is 0 Å². The molecule has 0 aliphatic heterocycles. The van der Waals surface area contributed by atoms with Crippen LogP contribution in [0.2, 0.25) is 5.02 Å². The van der Waals surface area contributed by atoms with Gasteiger partial charge in [0.2, 0.25) is 0 Å². The van der Waals surface area contributed by atoms with Crippen molar-refractivity contribution in [1.82, 2.24) is 0 Å². The van der Waals surface area contributed by atoms with Gasteiger partial charge in [0.15, 0.2) is 6.10 Å². The molecule has 1 amide bonds. The van der Waals surface area contributed by atoms with Crippen molar-refractivity contribution in [2.75, 3.05) is 11.9 Å². The number of rotatable bonds is 6. The number of benzene rings is 2. The summed E-state index contributed by atoms with van der Waals surface area (Å²) < 4.78 is 11.0. The van der Waals surface area contributed by atoms with Gasteiger partial charge < -0.3 is 14.8 Å². The third kappa shape index (κ3) is 4.40. The van der Waals surface area contributed by atoms with Crippen LogP contribution in [0, 0.1) is 0 Å². The Morgan fingerprint density at radius 3 is 2.73 bits per heavy atom. The molecule has 0 radical (unpaired) electrons. The van der Waals surface area contributed by atoms with Crippen LogP contribution in [-0.2, 0) is 4.79 Å². The molecule has 0 aromatic heterocycles. The van der Waals surface area contributed by atoms with E-state index in [4.69, 9.17) is 21.1 Å². The van der Waals surface area contributed by atoms with Gasteiger partial charge in [0.05, 0.1) is 11.6 Å². The van der Waals surface area contributed by atoms with Gasteiger partial charge >= 0.3 is 0 Å². The summed E-state index contributed by atoms with van der Waals surface area (Å²) in [6.45, 7) is 4.15. The molecule has 0 bridgehead atoms. The maximum absolute atomic E-state index is 12.2. The molecule has 0 spiro atoms. The molecule has 2 aromatic rings. The van der Waals surface area contributed by atoms with E-state index in [1.807, 2.05) is 19.1 Å². The molecule has 2 aromatic carbocycles. The van der Waals surface area contributed by atoms with Gasteiger partial charge in [0, 0.05) is 11.8 Å². The van der Waals surface area contributed by atoms with Crippen molar-refractivity contribution in [3.63, 3.8) is 0 Å². The van der Waals surface area contributed by atoms with E-state index in [2.05, 4.69) is 5.32 Å². The van der Waals surface area contributed by atoms with Crippen LogP contribution in [-0.4, -0.2) is 18.6 Å². The third-order valence-electron chi connectivity index (χ3n) is 2.92. The fraction of sp³-hybridized carbons (Fsp3) is 0.235. The normalized spacial score (nSPS) is 11.6. The molecule has 0 saturated carbocycles. The first kappa shape index (κ1) is 16.2. The molecule has 22 heavy (non-hydrogen) atoms. The van der Waals surface area contributed by atoms with E-state index in [1.54, 1.807) is 43.3 Å². The summed E-state index contributed by atoms with van der Waals surface area (Å²) in [5.74, 6) is 0.934. The van der Waals surface area contributed by atoms with Crippen molar-refractivity contribution in [3.8, 4) is 11.5 Å². The first-order chi connectivity index (χ1) is 10.6. The maximum Gasteiger partial charge on any atom is 0.265 e. The van der Waals surface area contributed by atoms with Crippen LogP contribution in [0.3, 0.4) is 0 Å². The number of halogens is 1. The number of para-hydroxylation sites is 1. The lowest BCUT2D eigenvalue weighted by atomic mass is 10.2. The van der Waals surface area contributed by atoms with Crippen LogP contribution in [0.1, 0.15) is 13.8 Å². The molecule has 5 heteroatoms. The Hall–Kier alpha value is -2.20. The number of anilines is 1. The topological polar surface area (TPSA) is 47.6 Å². The van der Waals surface area contributed by atoms with Crippen molar-refractivity contribution in [2.45, 2.75) is 20.0 Å². The zero-order valence-electron chi connectivity index (χ0n) is 12.5. The van der Waals surface area contributed by atoms with E-state index < -0.39 is 6.10 Å². The molecule has 1 atom stereocenters. The summed E-state index contributed by atoms with van der Waals surface area (Å²) in [5.41, 5.74) is 0.658. The second-order valence-corrected chi connectivity index (χ2v) is 5.05. The van der Waals surface area contributed by atoms with Crippen molar-refractivity contribution in [2.24, 2.45) is 0 Å². The van der Waals surface area contributed by atoms with Crippen molar-refractivity contribution in [3.05, 3.63) is 53.6 Å². The number of amides is 1. The molecular formula is C17H18ClNO3. The highest BCUT2D eigenvalue weighted by Crippen LogP contribution is 2.24. The molecule has 0 saturated heterocycles. The average Bonchev–Trinajstić information content (AvgIpc) is 2.50. The summed E-state index contributed by atoms with van der Waals surface area (Å²) in [4.78, 5) is 12.2. The van der Waals surface area contributed by atoms with E-state index in [0.717, 1.165) is 0 Å². The highest BCUT2D eigenvalue weighted by atomic mass is 35.5. The smallest absolute Gasteiger partial charge is 0.265 e. The lowest BCUT2D eigenvalue weighted by molar-refractivity contribution is -0.122. The van der Waals surface area contributed by atoms with Gasteiger partial charge in [-0.2, -0.15) is 0 Å². The minimum atomic E-state index is -0.671. The summed E-state index contributed by atoms with van der Waals surface area (Å²) in [5, 5.41) is 3.27. The van der Waals surface area contributed by atoms with Gasteiger partial charge in [-0.1, -0.05) is 29.8 Å². The van der Waals surface area contributed by atoms with E-state index in [1.165, 1.54) is 0 Å². The van der Waals surface area contributed by atoms with Crippen LogP contribution >= 0.6 is 11.6 Å². The zero-order valence-corrected chi connectivity index (χ0v) is 13.3. The van der Waals surface area contributed by atoms with E-state index in [-0.39, 0.29) is 5.91 Å². The second kappa shape index (κ2) is 7.71. The Morgan fingerprint density at radius 1 is 1.23 bits per heavy atom. The monoisotopic (exact) mass is 319 g/mol. The Balaban J connectivity index is 1.99. The first-order valence-electron chi connectivity index (χ1n) is 7.05. The quantitative estimate of drug-likeness (QED) is 0.870. The Bertz CT molecular complexity index is 645. The van der Waals surface area contributed by atoms with Crippen LogP contribution in [0.5, 0.6) is 11.5 Å². The second-order valence-electron chi connectivity index (χ2n) is 4.64. The van der Waals surface area contributed by atoms with Crippen molar-refractivity contribution in [1.29, 1.82) is 0 Å². The highest BCUT2D eigenvalue weighted by molar-refractivity contribution is 6.32. The minimum absolute atomic E-state index is 0.256. The Labute approximate surface area is 135 Å². The third-order valence-corrected chi connectivity index (χ3v) is 3.23. The summed E-state index contributed by atoms with van der Waals surface area (Å²) in [6.07, 6.45) is -0.671. The van der Waals surface area contributed by atoms with E-state index in [0.29, 0.717) is 28.8 Å². The van der Waals surface area contributed by atoms with Gasteiger partial charge in [-0.15, -0.1) is 0 Å². The number of nitrogens with one attached hydrogen (secondary N) is 1. The first-order valence-corrected chi connectivity index (χ1v) is 7.43. The molecule has 0 fully saturated rings. The lowest BCUT2D eigenvalue weighted by Gasteiger charge is -2.16. The molecule has 4 nitrogen and oxygen atoms in total. The predicted molar refractivity (Wildman–Crippen MR) is 87.8 cm³/mol. The van der Waals surface area contributed by atoms with Gasteiger partial charge in [-0.3, -0.25) is 4.79 Å². The van der Waals surface area contributed by atoms with Crippen LogP contribution < -0.4 is 14.8 Å². The molecule has 0 heterocycles. The average molecular weight is 320 g/mol. The van der Waals surface area contributed by atoms with E-state index >= 15 is 0 Å². The van der Waals surface area contributed by atoms with Crippen LogP contribution in [0.25, 0.3) is 0 Å². The highest BCUT2D eigenvalue weighted by Gasteiger charge is 2.16. The summed E-state index contributed by atoms with van der Waals surface area (Å²) in [6, 6.07) is 14.3. The number of hydrogen-bond acceptors (Lipinski definition) is 3. The molecule has 116 valence electrons. The fourth-order valence-corrected chi connectivity index (χ4v) is 2.04. The van der Waals surface area contributed by atoms with Gasteiger partial charge in [0.25, 0.3) is 5.91 Å². The Kier molecular flexibility index (Phi) is 5.67. The standard InChI is InChI=1S/C17H18ClNO3/c1-3-21-14-8-6-7-13(11-14)19-17(20)12(2)22-16-10-5-4-9-15(16)18/h4-12H,3H2,1-2H3,(H,19,20)/t12-/m1/s1. The van der Waals surface area contributed by atoms with Crippen LogP contribution in [0.15, 0.2) is 48.5 Å². The van der Waals surface area contributed by atoms with Crippen LogP contribution in [0.4, 0.5) is 5.69 Å². The molecular weight excluding hydrogens is 302 g/mol. The predicted octanol–water partition coefficient (Wildman–Crippen LogP) is 4.14. The van der Waals surface area contributed by atoms with E-state index in [9.17, 15) is 4.79 Å². The summed E-state index contributed by atoms with van der Waals surface area (Å²) >= 11 is 6.02. The van der Waals surface area contributed by atoms with Crippen molar-refractivity contribution < 1.29 is 14.3 Å². The molecule has 1 N–H and O–H groups in total. The molecule has 0 aliphatic carbocycles. The largest absolute Gasteiger partial charge is 0.494 e.